The molecule has 0 aromatic carbocycles. The summed E-state index contributed by atoms with van der Waals surface area (Å²) in [5.41, 5.74) is 0. The van der Waals surface area contributed by atoms with Crippen molar-refractivity contribution in [2.75, 3.05) is 19.6 Å². The summed E-state index contributed by atoms with van der Waals surface area (Å²) in [5, 5.41) is 3.59. The molecule has 0 atom stereocenters. The molecular formula is C10H18N2O. The molecule has 0 rings (SSSR count). The maximum atomic E-state index is 11.4. The van der Waals surface area contributed by atoms with E-state index in [0.29, 0.717) is 6.54 Å². The van der Waals surface area contributed by atoms with E-state index in [1.54, 1.807) is 11.1 Å². The van der Waals surface area contributed by atoms with Gasteiger partial charge in [-0.3, -0.25) is 9.80 Å². The first-order valence-electron chi connectivity index (χ1n) is 4.50. The van der Waals surface area contributed by atoms with Crippen LogP contribution in [-0.4, -0.2) is 35.6 Å². The maximum Gasteiger partial charge on any atom is 0.260 e. The molecule has 0 aliphatic rings. The Morgan fingerprint density at radius 2 is 1.85 bits per heavy atom. The summed E-state index contributed by atoms with van der Waals surface area (Å²) in [6.07, 6.45) is 3.03. The molecule has 0 bridgehead atoms. The number of amides is 1. The zero-order valence-electron chi connectivity index (χ0n) is 8.49. The Morgan fingerprint density at radius 3 is 2.15 bits per heavy atom. The fourth-order valence-corrected chi connectivity index (χ4v) is 1.14. The van der Waals surface area contributed by atoms with Crippen LogP contribution in [0.5, 0.6) is 0 Å². The van der Waals surface area contributed by atoms with Crippen molar-refractivity contribution in [3.05, 3.63) is 25.3 Å². The van der Waals surface area contributed by atoms with Crippen LogP contribution in [0.2, 0.25) is 0 Å². The lowest BCUT2D eigenvalue weighted by atomic mass is 10.5. The number of hydrogen-bond donors (Lipinski definition) is 0. The van der Waals surface area contributed by atoms with E-state index in [1.807, 2.05) is 18.9 Å². The Hall–Kier alpha value is -1.09. The van der Waals surface area contributed by atoms with Crippen molar-refractivity contribution in [2.45, 2.75) is 13.8 Å². The van der Waals surface area contributed by atoms with Gasteiger partial charge in [0.2, 0.25) is 0 Å². The highest BCUT2D eigenvalue weighted by Gasteiger charge is 2.14. The smallest absolute Gasteiger partial charge is 0.260 e. The lowest BCUT2D eigenvalue weighted by molar-refractivity contribution is -0.141. The van der Waals surface area contributed by atoms with Crippen LogP contribution in [0.4, 0.5) is 0 Å². The predicted octanol–water partition coefficient (Wildman–Crippen LogP) is 1.44. The standard InChI is InChI=1S/C10H18N2O/c1-5-9-12(10(13)6-2)11(7-3)8-4/h5-6H,1-2,7-9H2,3-4H3. The van der Waals surface area contributed by atoms with Gasteiger partial charge in [0, 0.05) is 13.1 Å². The monoisotopic (exact) mass is 182 g/mol. The zero-order chi connectivity index (χ0) is 10.3. The van der Waals surface area contributed by atoms with Gasteiger partial charge < -0.3 is 0 Å². The Morgan fingerprint density at radius 1 is 1.31 bits per heavy atom. The van der Waals surface area contributed by atoms with Gasteiger partial charge in [0.05, 0.1) is 6.54 Å². The third-order valence-corrected chi connectivity index (χ3v) is 1.80. The molecule has 0 radical (unpaired) electrons. The summed E-state index contributed by atoms with van der Waals surface area (Å²) in [5.74, 6) is -0.0800. The van der Waals surface area contributed by atoms with Crippen LogP contribution in [0, 0.1) is 0 Å². The minimum absolute atomic E-state index is 0.0800. The minimum atomic E-state index is -0.0800. The predicted molar refractivity (Wildman–Crippen MR) is 55.0 cm³/mol. The highest BCUT2D eigenvalue weighted by atomic mass is 16.2. The summed E-state index contributed by atoms with van der Waals surface area (Å²) in [6.45, 7) is 13.2. The second-order valence-corrected chi connectivity index (χ2v) is 2.55. The molecule has 0 heterocycles. The maximum absolute atomic E-state index is 11.4. The first kappa shape index (κ1) is 11.9. The van der Waals surface area contributed by atoms with Gasteiger partial charge in [0.15, 0.2) is 0 Å². The summed E-state index contributed by atoms with van der Waals surface area (Å²) in [7, 11) is 0. The Bertz CT molecular complexity index is 185. The highest BCUT2D eigenvalue weighted by molar-refractivity contribution is 5.86. The molecule has 0 spiro atoms. The highest BCUT2D eigenvalue weighted by Crippen LogP contribution is 1.99. The molecule has 0 aromatic heterocycles. The first-order valence-corrected chi connectivity index (χ1v) is 4.50. The van der Waals surface area contributed by atoms with Crippen LogP contribution in [0.3, 0.4) is 0 Å². The van der Waals surface area contributed by atoms with Gasteiger partial charge in [0.1, 0.15) is 0 Å². The molecule has 1 amide bonds. The molecule has 0 aliphatic heterocycles. The summed E-state index contributed by atoms with van der Waals surface area (Å²) in [6, 6.07) is 0. The number of carbonyl (C=O) groups is 1. The summed E-state index contributed by atoms with van der Waals surface area (Å²) >= 11 is 0. The molecule has 0 aromatic rings. The quantitative estimate of drug-likeness (QED) is 0.352. The lowest BCUT2D eigenvalue weighted by Crippen LogP contribution is -2.45. The summed E-state index contributed by atoms with van der Waals surface area (Å²) < 4.78 is 0. The van der Waals surface area contributed by atoms with Crippen molar-refractivity contribution in [3.63, 3.8) is 0 Å². The number of hydrogen-bond acceptors (Lipinski definition) is 2. The molecule has 13 heavy (non-hydrogen) atoms. The third kappa shape index (κ3) is 3.42. The van der Waals surface area contributed by atoms with Gasteiger partial charge in [0.25, 0.3) is 5.91 Å². The van der Waals surface area contributed by atoms with Crippen molar-refractivity contribution < 1.29 is 4.79 Å². The third-order valence-electron chi connectivity index (χ3n) is 1.80. The molecule has 0 fully saturated rings. The van der Waals surface area contributed by atoms with E-state index in [4.69, 9.17) is 0 Å². The SMILES string of the molecule is C=CCN(C(=O)C=C)N(CC)CC. The number of carbonyl (C=O) groups excluding carboxylic acids is 1. The van der Waals surface area contributed by atoms with Crippen LogP contribution < -0.4 is 0 Å². The number of rotatable bonds is 6. The topological polar surface area (TPSA) is 23.6 Å². The number of nitrogens with zero attached hydrogens (tertiary/aromatic N) is 2. The molecular weight excluding hydrogens is 164 g/mol. The minimum Gasteiger partial charge on any atom is -0.268 e. The van der Waals surface area contributed by atoms with E-state index in [-0.39, 0.29) is 5.91 Å². The Kier molecular flexibility index (Phi) is 5.89. The lowest BCUT2D eigenvalue weighted by Gasteiger charge is -2.31. The van der Waals surface area contributed by atoms with Gasteiger partial charge in [-0.05, 0) is 6.08 Å². The molecule has 3 heteroatoms. The van der Waals surface area contributed by atoms with E-state index in [9.17, 15) is 4.79 Å². The van der Waals surface area contributed by atoms with Crippen molar-refractivity contribution >= 4 is 5.91 Å². The van der Waals surface area contributed by atoms with Crippen LogP contribution in [0.25, 0.3) is 0 Å². The molecule has 0 aliphatic carbocycles. The van der Waals surface area contributed by atoms with Crippen molar-refractivity contribution in [1.82, 2.24) is 10.0 Å². The molecule has 74 valence electrons. The van der Waals surface area contributed by atoms with Crippen LogP contribution in [0.15, 0.2) is 25.3 Å². The van der Waals surface area contributed by atoms with E-state index in [1.165, 1.54) is 6.08 Å². The van der Waals surface area contributed by atoms with Gasteiger partial charge in [-0.25, -0.2) is 5.01 Å². The molecule has 0 unspecified atom stereocenters. The molecule has 0 saturated heterocycles. The van der Waals surface area contributed by atoms with Crippen molar-refractivity contribution in [3.8, 4) is 0 Å². The normalized spacial score (nSPS) is 9.77. The van der Waals surface area contributed by atoms with Gasteiger partial charge >= 0.3 is 0 Å². The van der Waals surface area contributed by atoms with E-state index < -0.39 is 0 Å². The molecule has 0 N–H and O–H groups in total. The summed E-state index contributed by atoms with van der Waals surface area (Å²) in [4.78, 5) is 11.4. The Balaban J connectivity index is 4.45. The van der Waals surface area contributed by atoms with Crippen LogP contribution in [-0.2, 0) is 4.79 Å². The van der Waals surface area contributed by atoms with Gasteiger partial charge in [-0.2, -0.15) is 0 Å². The van der Waals surface area contributed by atoms with E-state index in [0.717, 1.165) is 13.1 Å². The van der Waals surface area contributed by atoms with Crippen LogP contribution >= 0.6 is 0 Å². The van der Waals surface area contributed by atoms with E-state index in [2.05, 4.69) is 13.2 Å². The second kappa shape index (κ2) is 6.43. The van der Waals surface area contributed by atoms with Crippen molar-refractivity contribution in [2.24, 2.45) is 0 Å². The largest absolute Gasteiger partial charge is 0.268 e. The van der Waals surface area contributed by atoms with E-state index >= 15 is 0 Å². The molecule has 3 nitrogen and oxygen atoms in total. The Labute approximate surface area is 80.3 Å². The van der Waals surface area contributed by atoms with Gasteiger partial charge in [-0.1, -0.05) is 26.5 Å². The average molecular weight is 182 g/mol. The second-order valence-electron chi connectivity index (χ2n) is 2.55. The van der Waals surface area contributed by atoms with Crippen molar-refractivity contribution in [1.29, 1.82) is 0 Å². The zero-order valence-corrected chi connectivity index (χ0v) is 8.49. The number of hydrazine groups is 1. The fourth-order valence-electron chi connectivity index (χ4n) is 1.14. The van der Waals surface area contributed by atoms with Gasteiger partial charge in [-0.15, -0.1) is 6.58 Å². The molecule has 0 saturated carbocycles. The van der Waals surface area contributed by atoms with Crippen LogP contribution in [0.1, 0.15) is 13.8 Å². The first-order chi connectivity index (χ1) is 6.21. The fraction of sp³-hybridized carbons (Fsp3) is 0.500. The average Bonchev–Trinajstić information content (AvgIpc) is 2.17.